The molecular formula is C12H25NOSSi. The molecule has 1 rings (SSSR count). The van der Waals surface area contributed by atoms with Crippen molar-refractivity contribution in [3.8, 4) is 0 Å². The topological polar surface area (TPSA) is 12.5 Å². The second-order valence-electron chi connectivity index (χ2n) is 6.27. The van der Waals surface area contributed by atoms with Gasteiger partial charge in [-0.3, -0.25) is 0 Å². The quantitative estimate of drug-likeness (QED) is 0.569. The number of rotatable bonds is 3. The minimum absolute atomic E-state index is 0.296. The van der Waals surface area contributed by atoms with E-state index in [0.29, 0.717) is 11.1 Å². The van der Waals surface area contributed by atoms with Crippen molar-refractivity contribution < 1.29 is 4.43 Å². The summed E-state index contributed by atoms with van der Waals surface area (Å²) in [7, 11) is 0.498. The van der Waals surface area contributed by atoms with Crippen LogP contribution in [0.5, 0.6) is 0 Å². The normalized spacial score (nSPS) is 23.0. The van der Waals surface area contributed by atoms with E-state index in [0.717, 1.165) is 24.4 Å². The molecular weight excluding hydrogens is 234 g/mol. The Morgan fingerprint density at radius 1 is 1.44 bits per heavy atom. The fourth-order valence-corrected chi connectivity index (χ4v) is 2.89. The molecule has 0 aromatic heterocycles. The number of likely N-dealkylation sites (N-methyl/N-ethyl adjacent to an activating group) is 1. The molecule has 0 unspecified atom stereocenters. The van der Waals surface area contributed by atoms with Gasteiger partial charge in [0.1, 0.15) is 0 Å². The van der Waals surface area contributed by atoms with Gasteiger partial charge in [-0.2, -0.15) is 0 Å². The first-order chi connectivity index (χ1) is 7.15. The van der Waals surface area contributed by atoms with E-state index in [9.17, 15) is 0 Å². The number of nitrogens with zero attached hydrogens (tertiary/aromatic N) is 1. The van der Waals surface area contributed by atoms with Crippen LogP contribution in [-0.2, 0) is 4.43 Å². The minimum Gasteiger partial charge on any atom is -0.415 e. The molecule has 0 aromatic rings. The van der Waals surface area contributed by atoms with Crippen molar-refractivity contribution in [3.63, 3.8) is 0 Å². The van der Waals surface area contributed by atoms with Gasteiger partial charge >= 0.3 is 0 Å². The number of likely N-dealkylation sites (tertiary alicyclic amines) is 1. The largest absolute Gasteiger partial charge is 0.415 e. The highest BCUT2D eigenvalue weighted by Crippen LogP contribution is 2.37. The zero-order valence-corrected chi connectivity index (χ0v) is 13.3. The first-order valence-corrected chi connectivity index (χ1v) is 9.36. The Labute approximate surface area is 106 Å². The summed E-state index contributed by atoms with van der Waals surface area (Å²) in [6.45, 7) is 12.3. The molecule has 1 heterocycles. The highest BCUT2D eigenvalue weighted by Gasteiger charge is 2.38. The molecule has 0 spiro atoms. The van der Waals surface area contributed by atoms with Crippen LogP contribution in [0.15, 0.2) is 0 Å². The van der Waals surface area contributed by atoms with Crippen LogP contribution in [-0.4, -0.2) is 37.9 Å². The summed E-state index contributed by atoms with van der Waals surface area (Å²) in [5.41, 5.74) is 0. The lowest BCUT2D eigenvalue weighted by Crippen LogP contribution is -2.44. The molecule has 16 heavy (non-hydrogen) atoms. The fraction of sp³-hybridized carbons (Fsp3) is 0.917. The summed E-state index contributed by atoms with van der Waals surface area (Å²) in [6, 6.07) is 0.502. The van der Waals surface area contributed by atoms with Crippen LogP contribution in [0, 0.1) is 0 Å². The van der Waals surface area contributed by atoms with E-state index >= 15 is 0 Å². The van der Waals surface area contributed by atoms with Gasteiger partial charge in [0.25, 0.3) is 0 Å². The summed E-state index contributed by atoms with van der Waals surface area (Å²) in [4.78, 5) is 3.30. The van der Waals surface area contributed by atoms with Gasteiger partial charge in [-0.15, -0.1) is 0 Å². The summed E-state index contributed by atoms with van der Waals surface area (Å²) < 4.78 is 6.23. The Morgan fingerprint density at radius 3 is 2.38 bits per heavy atom. The minimum atomic E-state index is -1.59. The van der Waals surface area contributed by atoms with E-state index in [1.165, 1.54) is 0 Å². The van der Waals surface area contributed by atoms with E-state index in [4.69, 9.17) is 16.6 Å². The van der Waals surface area contributed by atoms with Crippen LogP contribution in [0.25, 0.3) is 0 Å². The molecule has 2 nitrogen and oxygen atoms in total. The number of hydrogen-bond donors (Lipinski definition) is 0. The van der Waals surface area contributed by atoms with Crippen LogP contribution < -0.4 is 0 Å². The highest BCUT2D eigenvalue weighted by atomic mass is 32.1. The Morgan fingerprint density at radius 2 is 2.00 bits per heavy atom. The number of thiocarbonyl (C=S) groups is 1. The highest BCUT2D eigenvalue weighted by molar-refractivity contribution is 7.80. The second-order valence-corrected chi connectivity index (χ2v) is 11.5. The van der Waals surface area contributed by atoms with E-state index in [1.54, 1.807) is 0 Å². The first kappa shape index (κ1) is 14.1. The van der Waals surface area contributed by atoms with Crippen molar-refractivity contribution in [2.45, 2.75) is 57.8 Å². The van der Waals surface area contributed by atoms with Gasteiger partial charge in [0.15, 0.2) is 8.32 Å². The molecule has 4 heteroatoms. The van der Waals surface area contributed by atoms with Gasteiger partial charge in [0.2, 0.25) is 0 Å². The van der Waals surface area contributed by atoms with Crippen LogP contribution >= 0.6 is 12.2 Å². The Hall–Kier alpha value is 0.0669. The predicted octanol–water partition coefficient (Wildman–Crippen LogP) is 3.43. The number of hydrogen-bond acceptors (Lipinski definition) is 2. The summed E-state index contributed by atoms with van der Waals surface area (Å²) in [6.07, 6.45) is 2.21. The smallest absolute Gasteiger partial charge is 0.192 e. The average molecular weight is 259 g/mol. The third-order valence-corrected chi connectivity index (χ3v) is 9.07. The maximum absolute atomic E-state index is 6.23. The van der Waals surface area contributed by atoms with E-state index in [2.05, 4.69) is 45.8 Å². The van der Waals surface area contributed by atoms with Crippen LogP contribution in [0.3, 0.4) is 0 Å². The molecule has 1 atom stereocenters. The first-order valence-electron chi connectivity index (χ1n) is 6.05. The monoisotopic (exact) mass is 259 g/mol. The van der Waals surface area contributed by atoms with Crippen molar-refractivity contribution in [2.24, 2.45) is 0 Å². The molecule has 0 radical (unpaired) electrons. The zero-order valence-electron chi connectivity index (χ0n) is 11.5. The maximum atomic E-state index is 6.23. The lowest BCUT2D eigenvalue weighted by Gasteiger charge is -2.37. The van der Waals surface area contributed by atoms with Crippen molar-refractivity contribution >= 4 is 25.5 Å². The van der Waals surface area contributed by atoms with Gasteiger partial charge in [-0.05, 0) is 31.0 Å². The fourth-order valence-electron chi connectivity index (χ4n) is 1.58. The Balaban J connectivity index is 2.49. The lowest BCUT2D eigenvalue weighted by molar-refractivity contribution is 0.210. The SMILES string of the molecule is CN1C(=S)CC[C@H]1CO[Si](C)(C)C(C)(C)C. The van der Waals surface area contributed by atoms with Gasteiger partial charge in [0, 0.05) is 7.05 Å². The van der Waals surface area contributed by atoms with Crippen LogP contribution in [0.1, 0.15) is 33.6 Å². The summed E-state index contributed by atoms with van der Waals surface area (Å²) in [5, 5.41) is 0.296. The third-order valence-electron chi connectivity index (χ3n) is 4.08. The average Bonchev–Trinajstić information content (AvgIpc) is 2.43. The van der Waals surface area contributed by atoms with Crippen LogP contribution in [0.2, 0.25) is 18.1 Å². The van der Waals surface area contributed by atoms with Crippen molar-refractivity contribution in [1.82, 2.24) is 4.90 Å². The molecule has 0 N–H and O–H groups in total. The lowest BCUT2D eigenvalue weighted by atomic mass is 10.2. The molecule has 94 valence electrons. The predicted molar refractivity (Wildman–Crippen MR) is 76.5 cm³/mol. The zero-order chi connectivity index (χ0) is 12.6. The molecule has 1 saturated heterocycles. The summed E-state index contributed by atoms with van der Waals surface area (Å²) >= 11 is 5.28. The van der Waals surface area contributed by atoms with Gasteiger partial charge in [-0.1, -0.05) is 33.0 Å². The van der Waals surface area contributed by atoms with Crippen molar-refractivity contribution in [3.05, 3.63) is 0 Å². The molecule has 0 amide bonds. The van der Waals surface area contributed by atoms with E-state index in [-0.39, 0.29) is 0 Å². The molecule has 0 bridgehead atoms. The third kappa shape index (κ3) is 3.05. The second kappa shape index (κ2) is 4.74. The van der Waals surface area contributed by atoms with E-state index < -0.39 is 8.32 Å². The molecule has 1 fully saturated rings. The maximum Gasteiger partial charge on any atom is 0.192 e. The van der Waals surface area contributed by atoms with E-state index in [1.807, 2.05) is 0 Å². The molecule has 0 aromatic carbocycles. The molecule has 1 aliphatic heterocycles. The molecule has 0 saturated carbocycles. The standard InChI is InChI=1S/C12H25NOSSi/c1-12(2,3)16(5,6)14-9-10-7-8-11(15)13(10)4/h10H,7-9H2,1-6H3/t10-/m0/s1. The van der Waals surface area contributed by atoms with Crippen molar-refractivity contribution in [1.29, 1.82) is 0 Å². The van der Waals surface area contributed by atoms with Gasteiger partial charge in [-0.25, -0.2) is 0 Å². The Bertz CT molecular complexity index is 273. The molecule has 1 aliphatic rings. The Kier molecular flexibility index (Phi) is 4.19. The summed E-state index contributed by atoms with van der Waals surface area (Å²) in [5.74, 6) is 0. The van der Waals surface area contributed by atoms with Crippen LogP contribution in [0.4, 0.5) is 0 Å². The van der Waals surface area contributed by atoms with Gasteiger partial charge in [0.05, 0.1) is 17.6 Å². The van der Waals surface area contributed by atoms with Crippen molar-refractivity contribution in [2.75, 3.05) is 13.7 Å². The molecule has 0 aliphatic carbocycles. The van der Waals surface area contributed by atoms with Gasteiger partial charge < -0.3 is 9.33 Å².